The molecule has 24 heavy (non-hydrogen) atoms. The first-order chi connectivity index (χ1) is 11.5. The van der Waals surface area contributed by atoms with Gasteiger partial charge in [0.25, 0.3) is 11.4 Å². The number of methoxy groups -OCH3 is 1. The number of benzene rings is 2. The molecule has 0 unspecified atom stereocenters. The molecule has 0 bridgehead atoms. The summed E-state index contributed by atoms with van der Waals surface area (Å²) in [6, 6.07) is 9.29. The Morgan fingerprint density at radius 1 is 1.04 bits per heavy atom. The van der Waals surface area contributed by atoms with Crippen molar-refractivity contribution >= 4 is 23.0 Å². The predicted octanol–water partition coefficient (Wildman–Crippen LogP) is 3.83. The van der Waals surface area contributed by atoms with Crippen LogP contribution in [0.15, 0.2) is 36.4 Å². The van der Waals surface area contributed by atoms with Crippen LogP contribution in [-0.2, 0) is 12.5 Å². The van der Waals surface area contributed by atoms with Crippen LogP contribution in [0, 0.1) is 20.2 Å². The summed E-state index contributed by atoms with van der Waals surface area (Å²) < 4.78 is 10.7. The highest BCUT2D eigenvalue weighted by Gasteiger charge is 2.26. The number of para-hydroxylation sites is 2. The van der Waals surface area contributed by atoms with Gasteiger partial charge in [-0.3, -0.25) is 20.2 Å². The summed E-state index contributed by atoms with van der Waals surface area (Å²) in [6.45, 7) is -0.0926. The number of hydrogen-bond acceptors (Lipinski definition) is 6. The molecule has 0 atom stereocenters. The predicted molar refractivity (Wildman–Crippen MR) is 86.6 cm³/mol. The third-order valence-corrected chi connectivity index (χ3v) is 3.52. The van der Waals surface area contributed by atoms with Gasteiger partial charge < -0.3 is 9.47 Å². The van der Waals surface area contributed by atoms with E-state index in [1.807, 2.05) is 0 Å². The fraction of sp³-hybridized carbons (Fsp3) is 0.200. The zero-order valence-corrected chi connectivity index (χ0v) is 13.4. The van der Waals surface area contributed by atoms with E-state index in [2.05, 4.69) is 0 Å². The van der Waals surface area contributed by atoms with Crippen molar-refractivity contribution in [2.24, 2.45) is 0 Å². The highest BCUT2D eigenvalue weighted by molar-refractivity contribution is 6.17. The molecule has 0 radical (unpaired) electrons. The first-order valence-corrected chi connectivity index (χ1v) is 7.27. The standard InChI is InChI=1S/C15H13ClN2O6/c1-23-14-4-2-3-5-15(14)24-9-10-6-12(17(19)20)11(8-16)13(7-10)18(21)22/h2-7H,8-9H2,1H3. The van der Waals surface area contributed by atoms with Crippen molar-refractivity contribution in [1.82, 2.24) is 0 Å². The van der Waals surface area contributed by atoms with Crippen molar-refractivity contribution in [3.63, 3.8) is 0 Å². The Hall–Kier alpha value is -2.87. The van der Waals surface area contributed by atoms with Crippen LogP contribution in [0.1, 0.15) is 11.1 Å². The van der Waals surface area contributed by atoms with Gasteiger partial charge in [-0.25, -0.2) is 0 Å². The van der Waals surface area contributed by atoms with Gasteiger partial charge in [-0.1, -0.05) is 12.1 Å². The summed E-state index contributed by atoms with van der Waals surface area (Å²) >= 11 is 5.63. The van der Waals surface area contributed by atoms with E-state index in [4.69, 9.17) is 21.1 Å². The first kappa shape index (κ1) is 17.5. The fourth-order valence-electron chi connectivity index (χ4n) is 2.14. The van der Waals surface area contributed by atoms with E-state index in [1.165, 1.54) is 19.2 Å². The van der Waals surface area contributed by atoms with E-state index in [1.54, 1.807) is 24.3 Å². The van der Waals surface area contributed by atoms with E-state index < -0.39 is 21.2 Å². The van der Waals surface area contributed by atoms with E-state index in [0.717, 1.165) is 0 Å². The lowest BCUT2D eigenvalue weighted by Crippen LogP contribution is -2.04. The van der Waals surface area contributed by atoms with E-state index in [0.29, 0.717) is 11.5 Å². The molecule has 126 valence electrons. The summed E-state index contributed by atoms with van der Waals surface area (Å²) in [5, 5.41) is 22.3. The Balaban J connectivity index is 2.37. The number of hydrogen-bond donors (Lipinski definition) is 0. The minimum atomic E-state index is -0.697. The zero-order valence-electron chi connectivity index (χ0n) is 12.6. The number of rotatable bonds is 7. The van der Waals surface area contributed by atoms with Crippen LogP contribution < -0.4 is 9.47 Å². The van der Waals surface area contributed by atoms with Gasteiger partial charge in [0.05, 0.1) is 22.8 Å². The van der Waals surface area contributed by atoms with Crippen molar-refractivity contribution < 1.29 is 19.3 Å². The van der Waals surface area contributed by atoms with Crippen LogP contribution in [0.2, 0.25) is 0 Å². The summed E-state index contributed by atoms with van der Waals surface area (Å²) in [7, 11) is 1.48. The molecule has 0 heterocycles. The number of nitro benzene ring substituents is 2. The zero-order chi connectivity index (χ0) is 17.7. The average Bonchev–Trinajstić information content (AvgIpc) is 2.58. The van der Waals surface area contributed by atoms with E-state index in [9.17, 15) is 20.2 Å². The Bertz CT molecular complexity index is 745. The van der Waals surface area contributed by atoms with Gasteiger partial charge in [0, 0.05) is 17.7 Å². The summed E-state index contributed by atoms with van der Waals surface area (Å²) in [5.41, 5.74) is -0.656. The number of ether oxygens (including phenoxy) is 2. The SMILES string of the molecule is COc1ccccc1OCc1cc([N+](=O)[O-])c(CCl)c([N+](=O)[O-])c1. The van der Waals surface area contributed by atoms with Gasteiger partial charge in [-0.15, -0.1) is 11.6 Å². The second-order valence-electron chi connectivity index (χ2n) is 4.70. The Labute approximate surface area is 141 Å². The molecule has 2 aromatic carbocycles. The maximum absolute atomic E-state index is 11.1. The fourth-order valence-corrected chi connectivity index (χ4v) is 2.42. The molecule has 0 aliphatic heterocycles. The van der Waals surface area contributed by atoms with Gasteiger partial charge in [0.15, 0.2) is 11.5 Å². The smallest absolute Gasteiger partial charge is 0.281 e. The highest BCUT2D eigenvalue weighted by atomic mass is 35.5. The molecule has 0 N–H and O–H groups in total. The molecule has 0 aromatic heterocycles. The molecule has 8 nitrogen and oxygen atoms in total. The maximum Gasteiger partial charge on any atom is 0.281 e. The normalized spacial score (nSPS) is 10.2. The molecule has 9 heteroatoms. The molecule has 2 aromatic rings. The monoisotopic (exact) mass is 352 g/mol. The van der Waals surface area contributed by atoms with Crippen molar-refractivity contribution in [3.8, 4) is 11.5 Å². The Morgan fingerprint density at radius 3 is 2.04 bits per heavy atom. The minimum absolute atomic E-state index is 0.0926. The molecule has 0 spiro atoms. The van der Waals surface area contributed by atoms with Crippen LogP contribution in [0.5, 0.6) is 11.5 Å². The van der Waals surface area contributed by atoms with Gasteiger partial charge >= 0.3 is 0 Å². The second kappa shape index (κ2) is 7.60. The lowest BCUT2D eigenvalue weighted by atomic mass is 10.1. The summed E-state index contributed by atoms with van der Waals surface area (Å²) in [6.07, 6.45) is 0. The average molecular weight is 353 g/mol. The quantitative estimate of drug-likeness (QED) is 0.426. The lowest BCUT2D eigenvalue weighted by molar-refractivity contribution is -0.395. The van der Waals surface area contributed by atoms with Gasteiger partial charge in [-0.2, -0.15) is 0 Å². The lowest BCUT2D eigenvalue weighted by Gasteiger charge is -2.11. The summed E-state index contributed by atoms with van der Waals surface area (Å²) in [4.78, 5) is 20.9. The molecule has 0 aliphatic carbocycles. The molecular weight excluding hydrogens is 340 g/mol. The molecule has 2 rings (SSSR count). The molecule has 0 fully saturated rings. The highest BCUT2D eigenvalue weighted by Crippen LogP contribution is 2.33. The largest absolute Gasteiger partial charge is 0.493 e. The number of nitro groups is 2. The topological polar surface area (TPSA) is 105 Å². The maximum atomic E-state index is 11.1. The van der Waals surface area contributed by atoms with E-state index in [-0.39, 0.29) is 23.6 Å². The van der Waals surface area contributed by atoms with Gasteiger partial charge in [0.1, 0.15) is 12.2 Å². The van der Waals surface area contributed by atoms with Crippen molar-refractivity contribution in [3.05, 3.63) is 67.8 Å². The second-order valence-corrected chi connectivity index (χ2v) is 4.97. The van der Waals surface area contributed by atoms with Crippen LogP contribution in [0.4, 0.5) is 11.4 Å². The minimum Gasteiger partial charge on any atom is -0.493 e. The third kappa shape index (κ3) is 3.72. The third-order valence-electron chi connectivity index (χ3n) is 3.25. The molecule has 0 saturated heterocycles. The Kier molecular flexibility index (Phi) is 5.54. The number of halogens is 1. The molecule has 0 aliphatic rings. The molecule has 0 amide bonds. The molecule has 0 saturated carbocycles. The van der Waals surface area contributed by atoms with Crippen molar-refractivity contribution in [1.29, 1.82) is 0 Å². The van der Waals surface area contributed by atoms with Gasteiger partial charge in [0.2, 0.25) is 0 Å². The molecular formula is C15H13ClN2O6. The summed E-state index contributed by atoms with van der Waals surface area (Å²) in [5.74, 6) is 0.575. The van der Waals surface area contributed by atoms with E-state index >= 15 is 0 Å². The van der Waals surface area contributed by atoms with Crippen LogP contribution in [0.3, 0.4) is 0 Å². The van der Waals surface area contributed by atoms with Crippen LogP contribution in [-0.4, -0.2) is 17.0 Å². The number of alkyl halides is 1. The van der Waals surface area contributed by atoms with Crippen LogP contribution >= 0.6 is 11.6 Å². The number of nitrogens with zero attached hydrogens (tertiary/aromatic N) is 2. The van der Waals surface area contributed by atoms with Crippen molar-refractivity contribution in [2.75, 3.05) is 7.11 Å². The Morgan fingerprint density at radius 2 is 1.58 bits per heavy atom. The van der Waals surface area contributed by atoms with Crippen LogP contribution in [0.25, 0.3) is 0 Å². The van der Waals surface area contributed by atoms with Gasteiger partial charge in [-0.05, 0) is 12.1 Å². The first-order valence-electron chi connectivity index (χ1n) is 6.74. The van der Waals surface area contributed by atoms with Crippen molar-refractivity contribution in [2.45, 2.75) is 12.5 Å².